The fourth-order valence-electron chi connectivity index (χ4n) is 2.59. The van der Waals surface area contributed by atoms with E-state index < -0.39 is 5.97 Å². The summed E-state index contributed by atoms with van der Waals surface area (Å²) in [5, 5.41) is 16.6. The van der Waals surface area contributed by atoms with Gasteiger partial charge in [-0.1, -0.05) is 12.1 Å². The lowest BCUT2D eigenvalue weighted by atomic mass is 10.00. The van der Waals surface area contributed by atoms with Crippen LogP contribution in [0.25, 0.3) is 5.69 Å². The van der Waals surface area contributed by atoms with Gasteiger partial charge in [0.05, 0.1) is 17.8 Å². The normalized spacial score (nSPS) is 22.1. The van der Waals surface area contributed by atoms with Crippen molar-refractivity contribution in [3.05, 3.63) is 47.8 Å². The molecule has 2 heterocycles. The first kappa shape index (κ1) is 12.9. The van der Waals surface area contributed by atoms with Crippen LogP contribution in [0.4, 0.5) is 0 Å². The summed E-state index contributed by atoms with van der Waals surface area (Å²) in [4.78, 5) is 11.0. The SMILES string of the molecule is Cc1cnn(-c2ccc(C3CC(C(=O)O)CN3)cc2)c1. The predicted octanol–water partition coefficient (Wildman–Crippen LogP) is 1.92. The summed E-state index contributed by atoms with van der Waals surface area (Å²) in [7, 11) is 0. The number of hydrogen-bond acceptors (Lipinski definition) is 3. The molecule has 0 aliphatic carbocycles. The lowest BCUT2D eigenvalue weighted by Gasteiger charge is -2.11. The molecule has 0 radical (unpaired) electrons. The second-order valence-corrected chi connectivity index (χ2v) is 5.29. The fraction of sp³-hybridized carbons (Fsp3) is 0.333. The Morgan fingerprint density at radius 1 is 1.40 bits per heavy atom. The maximum Gasteiger partial charge on any atom is 0.307 e. The molecule has 104 valence electrons. The predicted molar refractivity (Wildman–Crippen MR) is 74.8 cm³/mol. The number of aromatic nitrogens is 2. The van der Waals surface area contributed by atoms with Crippen LogP contribution < -0.4 is 5.32 Å². The molecule has 1 aliphatic heterocycles. The van der Waals surface area contributed by atoms with Crippen molar-refractivity contribution in [2.75, 3.05) is 6.54 Å². The molecule has 2 unspecified atom stereocenters. The molecule has 1 fully saturated rings. The summed E-state index contributed by atoms with van der Waals surface area (Å²) in [5.74, 6) is -1.00. The van der Waals surface area contributed by atoms with Gasteiger partial charge in [0.1, 0.15) is 0 Å². The molecule has 0 saturated carbocycles. The third-order valence-corrected chi connectivity index (χ3v) is 3.75. The molecule has 5 heteroatoms. The highest BCUT2D eigenvalue weighted by Crippen LogP contribution is 2.27. The third-order valence-electron chi connectivity index (χ3n) is 3.75. The number of aryl methyl sites for hydroxylation is 1. The van der Waals surface area contributed by atoms with E-state index in [0.717, 1.165) is 16.8 Å². The first-order valence-electron chi connectivity index (χ1n) is 6.71. The van der Waals surface area contributed by atoms with Crippen LogP contribution in [-0.2, 0) is 4.79 Å². The first-order chi connectivity index (χ1) is 9.63. The Labute approximate surface area is 117 Å². The van der Waals surface area contributed by atoms with E-state index >= 15 is 0 Å². The van der Waals surface area contributed by atoms with Crippen LogP contribution in [0, 0.1) is 12.8 Å². The molecule has 3 rings (SSSR count). The summed E-state index contributed by atoms with van der Waals surface area (Å²) < 4.78 is 1.83. The molecule has 20 heavy (non-hydrogen) atoms. The van der Waals surface area contributed by atoms with Crippen LogP contribution in [0.15, 0.2) is 36.7 Å². The van der Waals surface area contributed by atoms with Crippen molar-refractivity contribution in [2.24, 2.45) is 5.92 Å². The standard InChI is InChI=1S/C15H17N3O2/c1-10-7-17-18(9-10)13-4-2-11(3-5-13)14-6-12(8-16-14)15(19)20/h2-5,7,9,12,14,16H,6,8H2,1H3,(H,19,20). The lowest BCUT2D eigenvalue weighted by molar-refractivity contribution is -0.141. The molecule has 1 aromatic carbocycles. The number of nitrogens with one attached hydrogen (secondary N) is 1. The summed E-state index contributed by atoms with van der Waals surface area (Å²) in [6.07, 6.45) is 4.45. The highest BCUT2D eigenvalue weighted by atomic mass is 16.4. The van der Waals surface area contributed by atoms with Gasteiger partial charge in [-0.25, -0.2) is 4.68 Å². The van der Waals surface area contributed by atoms with Crippen molar-refractivity contribution in [3.63, 3.8) is 0 Å². The second-order valence-electron chi connectivity index (χ2n) is 5.29. The number of carbonyl (C=O) groups is 1. The minimum absolute atomic E-state index is 0.129. The van der Waals surface area contributed by atoms with Crippen molar-refractivity contribution >= 4 is 5.97 Å². The van der Waals surface area contributed by atoms with E-state index in [4.69, 9.17) is 5.11 Å². The van der Waals surface area contributed by atoms with Crippen molar-refractivity contribution in [3.8, 4) is 5.69 Å². The van der Waals surface area contributed by atoms with E-state index in [1.807, 2.05) is 48.3 Å². The quantitative estimate of drug-likeness (QED) is 0.895. The van der Waals surface area contributed by atoms with Gasteiger partial charge in [-0.05, 0) is 36.6 Å². The highest BCUT2D eigenvalue weighted by Gasteiger charge is 2.29. The zero-order valence-electron chi connectivity index (χ0n) is 11.3. The van der Waals surface area contributed by atoms with E-state index in [2.05, 4.69) is 10.4 Å². The zero-order chi connectivity index (χ0) is 14.1. The molecule has 0 spiro atoms. The average Bonchev–Trinajstić information content (AvgIpc) is 3.08. The Kier molecular flexibility index (Phi) is 3.28. The van der Waals surface area contributed by atoms with Crippen molar-refractivity contribution in [2.45, 2.75) is 19.4 Å². The number of carboxylic acids is 1. The van der Waals surface area contributed by atoms with Crippen molar-refractivity contribution in [1.29, 1.82) is 0 Å². The number of benzene rings is 1. The molecule has 1 saturated heterocycles. The van der Waals surface area contributed by atoms with Crippen molar-refractivity contribution in [1.82, 2.24) is 15.1 Å². The second kappa shape index (κ2) is 5.09. The molecule has 1 aliphatic rings. The Morgan fingerprint density at radius 3 is 2.70 bits per heavy atom. The Bertz CT molecular complexity index is 618. The maximum atomic E-state index is 11.0. The molecule has 0 bridgehead atoms. The number of nitrogens with zero attached hydrogens (tertiary/aromatic N) is 2. The number of hydrogen-bond donors (Lipinski definition) is 2. The average molecular weight is 271 g/mol. The fourth-order valence-corrected chi connectivity index (χ4v) is 2.59. The van der Waals surface area contributed by atoms with Crippen LogP contribution in [0.5, 0.6) is 0 Å². The van der Waals surface area contributed by atoms with Gasteiger partial charge < -0.3 is 10.4 Å². The van der Waals surface area contributed by atoms with Crippen LogP contribution >= 0.6 is 0 Å². The monoisotopic (exact) mass is 271 g/mol. The van der Waals surface area contributed by atoms with E-state index in [-0.39, 0.29) is 12.0 Å². The van der Waals surface area contributed by atoms with Gasteiger partial charge in [-0.3, -0.25) is 4.79 Å². The summed E-state index contributed by atoms with van der Waals surface area (Å²) in [6.45, 7) is 2.55. The minimum Gasteiger partial charge on any atom is -0.481 e. The Hall–Kier alpha value is -2.14. The van der Waals surface area contributed by atoms with Gasteiger partial charge in [0.25, 0.3) is 0 Å². The molecule has 2 aromatic rings. The lowest BCUT2D eigenvalue weighted by Crippen LogP contribution is -2.17. The zero-order valence-corrected chi connectivity index (χ0v) is 11.3. The van der Waals surface area contributed by atoms with Gasteiger partial charge >= 0.3 is 5.97 Å². The topological polar surface area (TPSA) is 67.2 Å². The number of carboxylic acid groups (broad SMARTS) is 1. The van der Waals surface area contributed by atoms with Gasteiger partial charge in [0.2, 0.25) is 0 Å². The van der Waals surface area contributed by atoms with Gasteiger partial charge in [0.15, 0.2) is 0 Å². The highest BCUT2D eigenvalue weighted by molar-refractivity contribution is 5.70. The van der Waals surface area contributed by atoms with E-state index in [1.54, 1.807) is 0 Å². The molecule has 2 N–H and O–H groups in total. The third kappa shape index (κ3) is 2.44. The van der Waals surface area contributed by atoms with Crippen LogP contribution in [-0.4, -0.2) is 27.4 Å². The molecule has 5 nitrogen and oxygen atoms in total. The smallest absolute Gasteiger partial charge is 0.307 e. The summed E-state index contributed by atoms with van der Waals surface area (Å²) >= 11 is 0. The van der Waals surface area contributed by atoms with Crippen LogP contribution in [0.3, 0.4) is 0 Å². The maximum absolute atomic E-state index is 11.0. The van der Waals surface area contributed by atoms with E-state index in [1.165, 1.54) is 0 Å². The largest absolute Gasteiger partial charge is 0.481 e. The van der Waals surface area contributed by atoms with Gasteiger partial charge in [-0.15, -0.1) is 0 Å². The number of rotatable bonds is 3. The Morgan fingerprint density at radius 2 is 2.15 bits per heavy atom. The van der Waals surface area contributed by atoms with Crippen LogP contribution in [0.1, 0.15) is 23.6 Å². The van der Waals surface area contributed by atoms with Gasteiger partial charge in [0, 0.05) is 18.8 Å². The van der Waals surface area contributed by atoms with Crippen molar-refractivity contribution < 1.29 is 9.90 Å². The molecular weight excluding hydrogens is 254 g/mol. The molecule has 2 atom stereocenters. The van der Waals surface area contributed by atoms with E-state index in [9.17, 15) is 4.79 Å². The molecule has 1 aromatic heterocycles. The van der Waals surface area contributed by atoms with E-state index in [0.29, 0.717) is 13.0 Å². The van der Waals surface area contributed by atoms with Crippen LogP contribution in [0.2, 0.25) is 0 Å². The summed E-state index contributed by atoms with van der Waals surface area (Å²) in [5.41, 5.74) is 3.26. The number of aliphatic carboxylic acids is 1. The molecular formula is C15H17N3O2. The molecule has 0 amide bonds. The first-order valence-corrected chi connectivity index (χ1v) is 6.71. The van der Waals surface area contributed by atoms with Gasteiger partial charge in [-0.2, -0.15) is 5.10 Å². The Balaban J connectivity index is 1.75. The summed E-state index contributed by atoms with van der Waals surface area (Å²) in [6, 6.07) is 8.22. The minimum atomic E-state index is -0.719.